The van der Waals surface area contributed by atoms with Crippen molar-refractivity contribution in [3.05, 3.63) is 87.6 Å². The molecule has 0 bridgehead atoms. The third-order valence-electron chi connectivity index (χ3n) is 8.00. The number of nitrogens with one attached hydrogen (secondary N) is 1. The van der Waals surface area contributed by atoms with Crippen LogP contribution in [0.4, 0.5) is 5.69 Å². The zero-order chi connectivity index (χ0) is 25.4. The Morgan fingerprint density at radius 1 is 0.972 bits per heavy atom. The van der Waals surface area contributed by atoms with E-state index in [1.807, 2.05) is 18.2 Å². The molecule has 3 atom stereocenters. The number of aryl methyl sites for hydroxylation is 2. The van der Waals surface area contributed by atoms with Crippen molar-refractivity contribution in [3.63, 3.8) is 0 Å². The van der Waals surface area contributed by atoms with Crippen LogP contribution in [0.15, 0.2) is 59.5 Å². The topological polar surface area (TPSA) is 37.3 Å². The van der Waals surface area contributed by atoms with E-state index in [1.165, 1.54) is 47.5 Å². The van der Waals surface area contributed by atoms with Crippen molar-refractivity contribution < 1.29 is 4.79 Å². The first-order valence-electron chi connectivity index (χ1n) is 13.1. The van der Waals surface area contributed by atoms with Crippen LogP contribution in [0.1, 0.15) is 60.7 Å². The fourth-order valence-electron chi connectivity index (χ4n) is 5.79. The molecule has 5 heteroatoms. The number of nitrogens with zero attached hydrogens (tertiary/aromatic N) is 2. The molecule has 4 nitrogen and oxygen atoms in total. The van der Waals surface area contributed by atoms with E-state index < -0.39 is 0 Å². The predicted octanol–water partition coefficient (Wildman–Crippen LogP) is 7.60. The Morgan fingerprint density at radius 3 is 2.47 bits per heavy atom. The molecular formula is C31H37N3OS. The summed E-state index contributed by atoms with van der Waals surface area (Å²) in [4.78, 5) is 16.9. The number of carbonyl (C=O) groups excluding carboxylic acids is 1. The van der Waals surface area contributed by atoms with Crippen molar-refractivity contribution in [2.24, 2.45) is 5.92 Å². The summed E-state index contributed by atoms with van der Waals surface area (Å²) in [6, 6.07) is 19.2. The normalized spacial score (nSPS) is 23.5. The van der Waals surface area contributed by atoms with E-state index in [2.05, 4.69) is 91.9 Å². The minimum absolute atomic E-state index is 0.0980. The number of hydrogen-bond donors (Lipinski definition) is 1. The third-order valence-corrected chi connectivity index (χ3v) is 9.11. The number of benzene rings is 2. The Labute approximate surface area is 219 Å². The number of rotatable bonds is 5. The molecular weight excluding hydrogens is 462 g/mol. The lowest BCUT2D eigenvalue weighted by Gasteiger charge is -2.39. The van der Waals surface area contributed by atoms with E-state index in [0.717, 1.165) is 22.6 Å². The quantitative estimate of drug-likeness (QED) is 0.367. The number of hydrogen-bond acceptors (Lipinski definition) is 3. The highest BCUT2D eigenvalue weighted by Crippen LogP contribution is 2.42. The van der Waals surface area contributed by atoms with E-state index in [9.17, 15) is 4.79 Å². The molecule has 3 aromatic rings. The van der Waals surface area contributed by atoms with Gasteiger partial charge in [-0.15, -0.1) is 0 Å². The van der Waals surface area contributed by atoms with Crippen molar-refractivity contribution in [1.29, 1.82) is 0 Å². The summed E-state index contributed by atoms with van der Waals surface area (Å²) in [6.07, 6.45) is 6.83. The number of amides is 1. The van der Waals surface area contributed by atoms with Crippen LogP contribution in [-0.4, -0.2) is 26.9 Å². The number of para-hydroxylation sites is 1. The van der Waals surface area contributed by atoms with Crippen molar-refractivity contribution >= 4 is 29.4 Å². The number of thioether (sulfide) groups is 1. The van der Waals surface area contributed by atoms with Crippen molar-refractivity contribution in [2.45, 2.75) is 71.8 Å². The fraction of sp³-hybridized carbons (Fsp3) is 0.387. The first-order chi connectivity index (χ1) is 17.3. The van der Waals surface area contributed by atoms with Gasteiger partial charge in [-0.2, -0.15) is 0 Å². The average molecular weight is 500 g/mol. The molecule has 36 heavy (non-hydrogen) atoms. The van der Waals surface area contributed by atoms with Gasteiger partial charge in [-0.3, -0.25) is 4.79 Å². The van der Waals surface area contributed by atoms with E-state index in [0.29, 0.717) is 5.92 Å². The second kappa shape index (κ2) is 10.2. The Kier molecular flexibility index (Phi) is 7.03. The van der Waals surface area contributed by atoms with Crippen LogP contribution in [0.2, 0.25) is 0 Å². The van der Waals surface area contributed by atoms with Crippen LogP contribution in [-0.2, 0) is 4.79 Å². The smallest absolute Gasteiger partial charge is 0.262 e. The average Bonchev–Trinajstić information content (AvgIpc) is 3.31. The van der Waals surface area contributed by atoms with Gasteiger partial charge in [0, 0.05) is 28.8 Å². The Hall–Kier alpha value is -2.92. The van der Waals surface area contributed by atoms with Gasteiger partial charge >= 0.3 is 0 Å². The molecule has 0 radical (unpaired) electrons. The molecule has 2 aromatic carbocycles. The largest absolute Gasteiger partial charge is 0.356 e. The lowest BCUT2D eigenvalue weighted by atomic mass is 9.85. The summed E-state index contributed by atoms with van der Waals surface area (Å²) >= 11 is 1.65. The van der Waals surface area contributed by atoms with Crippen molar-refractivity contribution in [3.8, 4) is 5.69 Å². The van der Waals surface area contributed by atoms with Gasteiger partial charge in [0.15, 0.2) is 5.50 Å². The molecule has 0 spiro atoms. The summed E-state index contributed by atoms with van der Waals surface area (Å²) in [6.45, 7) is 11.0. The molecule has 2 fully saturated rings. The Morgan fingerprint density at radius 2 is 1.72 bits per heavy atom. The molecule has 2 aliphatic rings. The highest BCUT2D eigenvalue weighted by atomic mass is 32.2. The molecule has 1 aliphatic heterocycles. The van der Waals surface area contributed by atoms with Gasteiger partial charge in [-0.05, 0) is 93.5 Å². The summed E-state index contributed by atoms with van der Waals surface area (Å²) in [7, 11) is 0. The first kappa shape index (κ1) is 24.8. The molecule has 5 rings (SSSR count). The summed E-state index contributed by atoms with van der Waals surface area (Å²) in [5, 5.41) is 3.65. The number of carbonyl (C=O) groups is 1. The minimum Gasteiger partial charge on any atom is -0.356 e. The molecule has 1 N–H and O–H groups in total. The monoisotopic (exact) mass is 499 g/mol. The maximum atomic E-state index is 13.9. The Bertz CT molecular complexity index is 1290. The van der Waals surface area contributed by atoms with E-state index in [-0.39, 0.29) is 17.4 Å². The first-order valence-corrected chi connectivity index (χ1v) is 14.0. The zero-order valence-electron chi connectivity index (χ0n) is 22.0. The summed E-state index contributed by atoms with van der Waals surface area (Å²) in [5.74, 6) is 0.667. The second-order valence-electron chi connectivity index (χ2n) is 10.4. The lowest BCUT2D eigenvalue weighted by Crippen LogP contribution is -2.48. The highest BCUT2D eigenvalue weighted by molar-refractivity contribution is 8.05. The number of anilines is 1. The van der Waals surface area contributed by atoms with E-state index in [1.54, 1.807) is 11.8 Å². The Balaban J connectivity index is 1.51. The fourth-order valence-corrected chi connectivity index (χ4v) is 6.99. The van der Waals surface area contributed by atoms with Crippen molar-refractivity contribution in [2.75, 3.05) is 5.32 Å². The van der Waals surface area contributed by atoms with Crippen LogP contribution in [0.3, 0.4) is 0 Å². The van der Waals surface area contributed by atoms with Gasteiger partial charge in [-0.1, -0.05) is 61.9 Å². The zero-order valence-corrected chi connectivity index (χ0v) is 22.9. The number of aromatic nitrogens is 1. The molecule has 1 amide bonds. The molecule has 1 saturated heterocycles. The highest BCUT2D eigenvalue weighted by Gasteiger charge is 2.43. The van der Waals surface area contributed by atoms with Crippen LogP contribution in [0.5, 0.6) is 0 Å². The summed E-state index contributed by atoms with van der Waals surface area (Å²) in [5.41, 5.74) is 8.19. The van der Waals surface area contributed by atoms with Gasteiger partial charge in [0.25, 0.3) is 5.91 Å². The van der Waals surface area contributed by atoms with Crippen LogP contribution >= 0.6 is 11.8 Å². The molecule has 1 aliphatic carbocycles. The van der Waals surface area contributed by atoms with Crippen LogP contribution < -0.4 is 5.32 Å². The molecule has 1 aromatic heterocycles. The molecule has 1 saturated carbocycles. The van der Waals surface area contributed by atoms with Gasteiger partial charge < -0.3 is 14.8 Å². The lowest BCUT2D eigenvalue weighted by molar-refractivity contribution is -0.129. The maximum Gasteiger partial charge on any atom is 0.262 e. The molecule has 2 heterocycles. The second-order valence-corrected chi connectivity index (χ2v) is 11.5. The van der Waals surface area contributed by atoms with Gasteiger partial charge in [0.1, 0.15) is 0 Å². The third kappa shape index (κ3) is 4.61. The standard InChI is InChI=1S/C31H37N3OS/c1-20-13-11-17-28(23(20)4)33-22(3)18-25(24(33)5)19-29-30(35)34(27-16-10-9-12-21(27)2)31(36-29)32-26-14-7-6-8-15-26/h6-8,11,13-15,17-19,21,27,31-32H,9-10,12,16H2,1-5H3/b29-19-/t21-,27+,31?/m0/s1. The van der Waals surface area contributed by atoms with E-state index >= 15 is 0 Å². The summed E-state index contributed by atoms with van der Waals surface area (Å²) < 4.78 is 2.32. The van der Waals surface area contributed by atoms with Crippen LogP contribution in [0.25, 0.3) is 11.8 Å². The van der Waals surface area contributed by atoms with Crippen LogP contribution in [0, 0.1) is 33.6 Å². The maximum absolute atomic E-state index is 13.9. The minimum atomic E-state index is -0.0980. The van der Waals surface area contributed by atoms with Crippen molar-refractivity contribution in [1.82, 2.24) is 9.47 Å². The van der Waals surface area contributed by atoms with Gasteiger partial charge in [0.05, 0.1) is 4.91 Å². The SMILES string of the molecule is Cc1cccc(-n2c(C)cc(/C=C3\SC(Nc4ccccc4)N([C@@H]4CCCC[C@@H]4C)C3=O)c2C)c1C. The molecule has 1 unspecified atom stereocenters. The predicted molar refractivity (Wildman–Crippen MR) is 152 cm³/mol. The van der Waals surface area contributed by atoms with Gasteiger partial charge in [0.2, 0.25) is 0 Å². The van der Waals surface area contributed by atoms with E-state index in [4.69, 9.17) is 0 Å². The van der Waals surface area contributed by atoms with Gasteiger partial charge in [-0.25, -0.2) is 0 Å². The molecule has 188 valence electrons.